The molecule has 0 amide bonds. The molecule has 1 fully saturated rings. The summed E-state index contributed by atoms with van der Waals surface area (Å²) in [4.78, 5) is 0. The predicted octanol–water partition coefficient (Wildman–Crippen LogP) is 1.82. The third-order valence-electron chi connectivity index (χ3n) is 2.44. The number of aryl methyl sites for hydroxylation is 1. The molecule has 2 heteroatoms. The fraction of sp³-hybridized carbons (Fsp3) is 0.455. The Bertz CT molecular complexity index is 292. The number of aliphatic hydroxyl groups is 1. The molecule has 2 atom stereocenters. The smallest absolute Gasteiger partial charge is 0.0837 e. The number of aliphatic hydroxyl groups excluding tert-OH is 1. The first-order valence-electron chi connectivity index (χ1n) is 4.62. The van der Waals surface area contributed by atoms with Crippen molar-refractivity contribution < 1.29 is 9.84 Å². The first-order valence-corrected chi connectivity index (χ1v) is 4.62. The summed E-state index contributed by atoms with van der Waals surface area (Å²) < 4.78 is 5.08. The van der Waals surface area contributed by atoms with E-state index in [1.807, 2.05) is 31.2 Å². The maximum absolute atomic E-state index is 9.83. The Morgan fingerprint density at radius 2 is 2.23 bits per heavy atom. The van der Waals surface area contributed by atoms with Crippen molar-refractivity contribution in [1.29, 1.82) is 0 Å². The topological polar surface area (TPSA) is 32.8 Å². The minimum atomic E-state index is -0.367. The molecule has 0 radical (unpaired) electrons. The highest BCUT2D eigenvalue weighted by Crippen LogP contribution is 2.26. The van der Waals surface area contributed by atoms with E-state index >= 15 is 0 Å². The molecule has 1 aromatic carbocycles. The van der Waals surface area contributed by atoms with Gasteiger partial charge in [-0.25, -0.2) is 0 Å². The maximum Gasteiger partial charge on any atom is 0.0837 e. The van der Waals surface area contributed by atoms with Gasteiger partial charge in [0.15, 0.2) is 0 Å². The average molecular weight is 178 g/mol. The van der Waals surface area contributed by atoms with Crippen LogP contribution in [0.3, 0.4) is 0 Å². The van der Waals surface area contributed by atoms with Crippen molar-refractivity contribution in [2.45, 2.75) is 25.6 Å². The summed E-state index contributed by atoms with van der Waals surface area (Å²) in [6.45, 7) is 2.83. The maximum atomic E-state index is 9.83. The summed E-state index contributed by atoms with van der Waals surface area (Å²) in [5.74, 6) is 0. The molecule has 1 aromatic rings. The summed E-state index contributed by atoms with van der Waals surface area (Å²) in [7, 11) is 0. The van der Waals surface area contributed by atoms with Crippen LogP contribution in [0.4, 0.5) is 0 Å². The minimum Gasteiger partial charge on any atom is -0.388 e. The number of benzene rings is 1. The molecule has 0 saturated carbocycles. The van der Waals surface area contributed by atoms with E-state index in [9.17, 15) is 5.11 Å². The third-order valence-corrected chi connectivity index (χ3v) is 2.44. The van der Waals surface area contributed by atoms with Gasteiger partial charge >= 0.3 is 0 Å². The van der Waals surface area contributed by atoms with Crippen LogP contribution in [0, 0.1) is 6.92 Å². The van der Waals surface area contributed by atoms with Crippen molar-refractivity contribution in [2.24, 2.45) is 0 Å². The Labute approximate surface area is 78.2 Å². The highest BCUT2D eigenvalue weighted by molar-refractivity contribution is 5.27. The standard InChI is InChI=1S/C11H14O2/c1-8-4-2-3-5-10(8)11(12)6-9-7-13-9/h2-5,9,11-12H,6-7H2,1H3. The molecule has 0 aromatic heterocycles. The van der Waals surface area contributed by atoms with Crippen LogP contribution >= 0.6 is 0 Å². The molecule has 1 N–H and O–H groups in total. The van der Waals surface area contributed by atoms with Gasteiger partial charge in [-0.1, -0.05) is 24.3 Å². The molecular formula is C11H14O2. The lowest BCUT2D eigenvalue weighted by Gasteiger charge is -2.11. The third kappa shape index (κ3) is 2.08. The number of ether oxygens (including phenoxy) is 1. The van der Waals surface area contributed by atoms with Gasteiger partial charge in [0.25, 0.3) is 0 Å². The highest BCUT2D eigenvalue weighted by Gasteiger charge is 2.26. The molecular weight excluding hydrogens is 164 g/mol. The molecule has 1 aliphatic rings. The zero-order chi connectivity index (χ0) is 9.26. The second-order valence-electron chi connectivity index (χ2n) is 3.56. The second-order valence-corrected chi connectivity index (χ2v) is 3.56. The molecule has 70 valence electrons. The SMILES string of the molecule is Cc1ccccc1C(O)CC1CO1. The molecule has 0 aliphatic carbocycles. The minimum absolute atomic E-state index is 0.287. The van der Waals surface area contributed by atoms with Crippen LogP contribution in [-0.4, -0.2) is 17.8 Å². The van der Waals surface area contributed by atoms with Crippen LogP contribution < -0.4 is 0 Å². The first-order chi connectivity index (χ1) is 6.27. The van der Waals surface area contributed by atoms with E-state index in [0.29, 0.717) is 0 Å². The Hall–Kier alpha value is -0.860. The first kappa shape index (κ1) is 8.73. The van der Waals surface area contributed by atoms with E-state index in [0.717, 1.165) is 24.2 Å². The van der Waals surface area contributed by atoms with Crippen LogP contribution in [-0.2, 0) is 4.74 Å². The van der Waals surface area contributed by atoms with Gasteiger partial charge < -0.3 is 9.84 Å². The van der Waals surface area contributed by atoms with E-state index in [2.05, 4.69) is 0 Å². The second kappa shape index (κ2) is 3.48. The van der Waals surface area contributed by atoms with E-state index in [-0.39, 0.29) is 12.2 Å². The van der Waals surface area contributed by atoms with Crippen LogP contribution in [0.25, 0.3) is 0 Å². The van der Waals surface area contributed by atoms with Crippen molar-refractivity contribution in [3.8, 4) is 0 Å². The molecule has 1 saturated heterocycles. The lowest BCUT2D eigenvalue weighted by molar-refractivity contribution is 0.153. The van der Waals surface area contributed by atoms with Gasteiger partial charge in [-0.15, -0.1) is 0 Å². The van der Waals surface area contributed by atoms with Gasteiger partial charge in [0.2, 0.25) is 0 Å². The van der Waals surface area contributed by atoms with Crippen molar-refractivity contribution in [3.05, 3.63) is 35.4 Å². The van der Waals surface area contributed by atoms with Crippen LogP contribution in [0.1, 0.15) is 23.7 Å². The zero-order valence-electron chi connectivity index (χ0n) is 7.73. The van der Waals surface area contributed by atoms with Crippen molar-refractivity contribution in [3.63, 3.8) is 0 Å². The Balaban J connectivity index is 2.09. The Morgan fingerprint density at radius 3 is 2.85 bits per heavy atom. The molecule has 1 heterocycles. The highest BCUT2D eigenvalue weighted by atomic mass is 16.6. The number of hydrogen-bond donors (Lipinski definition) is 1. The lowest BCUT2D eigenvalue weighted by Crippen LogP contribution is -2.03. The Kier molecular flexibility index (Phi) is 2.34. The van der Waals surface area contributed by atoms with Gasteiger partial charge in [0, 0.05) is 6.42 Å². The van der Waals surface area contributed by atoms with Crippen molar-refractivity contribution in [2.75, 3.05) is 6.61 Å². The summed E-state index contributed by atoms with van der Waals surface area (Å²) in [5.41, 5.74) is 2.17. The summed E-state index contributed by atoms with van der Waals surface area (Å²) >= 11 is 0. The van der Waals surface area contributed by atoms with E-state index in [1.165, 1.54) is 0 Å². The molecule has 1 aliphatic heterocycles. The fourth-order valence-electron chi connectivity index (χ4n) is 1.54. The monoisotopic (exact) mass is 178 g/mol. The van der Waals surface area contributed by atoms with Gasteiger partial charge in [0.1, 0.15) is 0 Å². The molecule has 0 spiro atoms. The van der Waals surface area contributed by atoms with Gasteiger partial charge in [-0.05, 0) is 18.1 Å². The van der Waals surface area contributed by atoms with E-state index < -0.39 is 0 Å². The summed E-state index contributed by atoms with van der Waals surface area (Å²) in [6.07, 6.45) is 0.647. The van der Waals surface area contributed by atoms with Gasteiger partial charge in [-0.2, -0.15) is 0 Å². The largest absolute Gasteiger partial charge is 0.388 e. The molecule has 2 unspecified atom stereocenters. The van der Waals surface area contributed by atoms with E-state index in [4.69, 9.17) is 4.74 Å². The average Bonchev–Trinajstić information content (AvgIpc) is 2.89. The summed E-state index contributed by atoms with van der Waals surface area (Å²) in [6, 6.07) is 7.94. The number of hydrogen-bond acceptors (Lipinski definition) is 2. The van der Waals surface area contributed by atoms with Gasteiger partial charge in [0.05, 0.1) is 18.8 Å². The lowest BCUT2D eigenvalue weighted by atomic mass is 10.0. The van der Waals surface area contributed by atoms with Crippen LogP contribution in [0.5, 0.6) is 0 Å². The fourth-order valence-corrected chi connectivity index (χ4v) is 1.54. The molecule has 0 bridgehead atoms. The van der Waals surface area contributed by atoms with E-state index in [1.54, 1.807) is 0 Å². The van der Waals surface area contributed by atoms with Gasteiger partial charge in [-0.3, -0.25) is 0 Å². The molecule has 2 nitrogen and oxygen atoms in total. The quantitative estimate of drug-likeness (QED) is 0.716. The van der Waals surface area contributed by atoms with Crippen molar-refractivity contribution in [1.82, 2.24) is 0 Å². The summed E-state index contributed by atoms with van der Waals surface area (Å²) in [5, 5.41) is 9.83. The normalized spacial score (nSPS) is 22.8. The Morgan fingerprint density at radius 1 is 1.54 bits per heavy atom. The zero-order valence-corrected chi connectivity index (χ0v) is 7.73. The van der Waals surface area contributed by atoms with Crippen molar-refractivity contribution >= 4 is 0 Å². The molecule has 2 rings (SSSR count). The molecule has 13 heavy (non-hydrogen) atoms. The van der Waals surface area contributed by atoms with Crippen LogP contribution in [0.2, 0.25) is 0 Å². The van der Waals surface area contributed by atoms with Crippen LogP contribution in [0.15, 0.2) is 24.3 Å². The number of rotatable bonds is 3. The predicted molar refractivity (Wildman–Crippen MR) is 50.5 cm³/mol. The number of epoxide rings is 1.